The van der Waals surface area contributed by atoms with E-state index in [-0.39, 0.29) is 18.3 Å². The zero-order valence-corrected chi connectivity index (χ0v) is 21.3. The second-order valence-corrected chi connectivity index (χ2v) is 10.6. The van der Waals surface area contributed by atoms with Crippen molar-refractivity contribution in [3.8, 4) is 5.75 Å². The summed E-state index contributed by atoms with van der Waals surface area (Å²) in [6.45, 7) is 4.16. The van der Waals surface area contributed by atoms with Crippen LogP contribution in [0.3, 0.4) is 0 Å². The summed E-state index contributed by atoms with van der Waals surface area (Å²) in [6, 6.07) is 3.80. The number of halogens is 1. The Morgan fingerprint density at radius 3 is 2.64 bits per heavy atom. The predicted molar refractivity (Wildman–Crippen MR) is 131 cm³/mol. The van der Waals surface area contributed by atoms with Gasteiger partial charge in [-0.2, -0.15) is 0 Å². The lowest BCUT2D eigenvalue weighted by Gasteiger charge is -2.18. The van der Waals surface area contributed by atoms with Crippen LogP contribution in [0.25, 0.3) is 0 Å². The number of carbonyl (C=O) groups excluding carboxylic acids is 1. The highest BCUT2D eigenvalue weighted by Gasteiger charge is 2.20. The number of amides is 1. The third kappa shape index (κ3) is 6.04. The molecule has 0 spiro atoms. The van der Waals surface area contributed by atoms with E-state index in [1.165, 1.54) is 42.4 Å². The number of ether oxygens (including phenoxy) is 1. The molecule has 2 heterocycles. The van der Waals surface area contributed by atoms with Crippen LogP contribution in [0.1, 0.15) is 60.0 Å². The monoisotopic (exact) mass is 506 g/mol. The van der Waals surface area contributed by atoms with E-state index in [2.05, 4.69) is 25.7 Å². The first kappa shape index (κ1) is 24.0. The SMILES string of the molecule is Cc1cc(OCc2nnc(SCC(=O)Nc3nnc(C4CCCCC4)s3)n2C)cc(C)c1Cl. The van der Waals surface area contributed by atoms with Gasteiger partial charge in [-0.25, -0.2) is 0 Å². The lowest BCUT2D eigenvalue weighted by atomic mass is 9.90. The van der Waals surface area contributed by atoms with E-state index in [0.29, 0.717) is 22.0 Å². The first-order chi connectivity index (χ1) is 15.9. The number of aryl methyl sites for hydroxylation is 2. The van der Waals surface area contributed by atoms with Crippen molar-refractivity contribution < 1.29 is 9.53 Å². The molecule has 1 aromatic carbocycles. The molecule has 0 unspecified atom stereocenters. The molecule has 11 heteroatoms. The van der Waals surface area contributed by atoms with E-state index < -0.39 is 0 Å². The Labute approximate surface area is 206 Å². The van der Waals surface area contributed by atoms with Gasteiger partial charge in [0.15, 0.2) is 11.0 Å². The molecule has 0 atom stereocenters. The Morgan fingerprint density at radius 1 is 1.18 bits per heavy atom. The van der Waals surface area contributed by atoms with Crippen LogP contribution >= 0.6 is 34.7 Å². The third-order valence-electron chi connectivity index (χ3n) is 5.68. The molecule has 33 heavy (non-hydrogen) atoms. The van der Waals surface area contributed by atoms with Crippen LogP contribution in [-0.2, 0) is 18.4 Å². The minimum atomic E-state index is -0.140. The first-order valence-electron chi connectivity index (χ1n) is 10.9. The van der Waals surface area contributed by atoms with Gasteiger partial charge in [0.1, 0.15) is 17.4 Å². The van der Waals surface area contributed by atoms with Crippen LogP contribution in [0, 0.1) is 13.8 Å². The fourth-order valence-corrected chi connectivity index (χ4v) is 5.59. The van der Waals surface area contributed by atoms with Gasteiger partial charge in [0.05, 0.1) is 5.75 Å². The summed E-state index contributed by atoms with van der Waals surface area (Å²) in [7, 11) is 1.86. The van der Waals surface area contributed by atoms with Crippen LogP contribution in [0.5, 0.6) is 5.75 Å². The summed E-state index contributed by atoms with van der Waals surface area (Å²) in [5.41, 5.74) is 1.93. The van der Waals surface area contributed by atoms with Crippen molar-refractivity contribution in [1.82, 2.24) is 25.0 Å². The van der Waals surface area contributed by atoms with Gasteiger partial charge in [-0.05, 0) is 49.9 Å². The van der Waals surface area contributed by atoms with Gasteiger partial charge >= 0.3 is 0 Å². The number of hydrogen-bond donors (Lipinski definition) is 1. The Morgan fingerprint density at radius 2 is 1.91 bits per heavy atom. The maximum atomic E-state index is 12.4. The topological polar surface area (TPSA) is 94.8 Å². The molecule has 1 aliphatic carbocycles. The first-order valence-corrected chi connectivity index (χ1v) is 13.1. The number of aromatic nitrogens is 5. The molecule has 4 rings (SSSR count). The Balaban J connectivity index is 1.28. The minimum Gasteiger partial charge on any atom is -0.486 e. The molecule has 8 nitrogen and oxygen atoms in total. The number of carbonyl (C=O) groups is 1. The van der Waals surface area contributed by atoms with Gasteiger partial charge in [0, 0.05) is 18.0 Å². The van der Waals surface area contributed by atoms with Crippen molar-refractivity contribution >= 4 is 45.7 Å². The van der Waals surface area contributed by atoms with E-state index in [0.717, 1.165) is 39.7 Å². The normalized spacial score (nSPS) is 14.4. The van der Waals surface area contributed by atoms with E-state index in [1.807, 2.05) is 37.6 Å². The molecular weight excluding hydrogens is 480 g/mol. The summed E-state index contributed by atoms with van der Waals surface area (Å²) in [4.78, 5) is 12.4. The Bertz CT molecular complexity index is 1100. The van der Waals surface area contributed by atoms with Gasteiger partial charge in [0.2, 0.25) is 11.0 Å². The number of benzene rings is 1. The van der Waals surface area contributed by atoms with Crippen LogP contribution in [0.15, 0.2) is 17.3 Å². The molecule has 3 aromatic rings. The summed E-state index contributed by atoms with van der Waals surface area (Å²) in [5, 5.41) is 22.7. The number of nitrogens with one attached hydrogen (secondary N) is 1. The number of thioether (sulfide) groups is 1. The number of rotatable bonds is 8. The molecule has 1 N–H and O–H groups in total. The maximum absolute atomic E-state index is 12.4. The minimum absolute atomic E-state index is 0.140. The van der Waals surface area contributed by atoms with Gasteiger partial charge < -0.3 is 9.30 Å². The maximum Gasteiger partial charge on any atom is 0.236 e. The lowest BCUT2D eigenvalue weighted by Crippen LogP contribution is -2.14. The quantitative estimate of drug-likeness (QED) is 0.414. The molecule has 1 saturated carbocycles. The second-order valence-electron chi connectivity index (χ2n) is 8.23. The highest BCUT2D eigenvalue weighted by atomic mass is 35.5. The fraction of sp³-hybridized carbons (Fsp3) is 0.500. The van der Waals surface area contributed by atoms with Gasteiger partial charge in [0.25, 0.3) is 0 Å². The van der Waals surface area contributed by atoms with Gasteiger partial charge in [-0.3, -0.25) is 10.1 Å². The molecular formula is C22H27ClN6O2S2. The molecule has 2 aromatic heterocycles. The molecule has 0 bridgehead atoms. The zero-order valence-electron chi connectivity index (χ0n) is 18.9. The average Bonchev–Trinajstić information content (AvgIpc) is 3.41. The van der Waals surface area contributed by atoms with Crippen LogP contribution in [0.2, 0.25) is 5.02 Å². The number of anilines is 1. The van der Waals surface area contributed by atoms with E-state index in [4.69, 9.17) is 16.3 Å². The van der Waals surface area contributed by atoms with Crippen LogP contribution < -0.4 is 10.1 Å². The summed E-state index contributed by atoms with van der Waals surface area (Å²) < 4.78 is 7.71. The smallest absolute Gasteiger partial charge is 0.236 e. The van der Waals surface area contributed by atoms with Crippen molar-refractivity contribution in [3.05, 3.63) is 39.1 Å². The second kappa shape index (κ2) is 10.8. The zero-order chi connectivity index (χ0) is 23.4. The standard InChI is InChI=1S/C22H27ClN6O2S2/c1-13-9-16(10-14(2)19(13)23)31-11-17-25-28-22(29(17)3)32-12-18(30)24-21-27-26-20(33-21)15-7-5-4-6-8-15/h9-10,15H,4-8,11-12H2,1-3H3,(H,24,27,30). The lowest BCUT2D eigenvalue weighted by molar-refractivity contribution is -0.113. The molecule has 0 aliphatic heterocycles. The third-order valence-corrected chi connectivity index (χ3v) is 8.29. The van der Waals surface area contributed by atoms with Crippen molar-refractivity contribution in [2.24, 2.45) is 7.05 Å². The average molecular weight is 507 g/mol. The molecule has 176 valence electrons. The fourth-order valence-electron chi connectivity index (χ4n) is 3.82. The van der Waals surface area contributed by atoms with Crippen LogP contribution in [-0.4, -0.2) is 36.6 Å². The predicted octanol–water partition coefficient (Wildman–Crippen LogP) is 5.29. The van der Waals surface area contributed by atoms with Crippen molar-refractivity contribution in [2.45, 2.75) is 63.6 Å². The highest BCUT2D eigenvalue weighted by Crippen LogP contribution is 2.35. The van der Waals surface area contributed by atoms with Crippen molar-refractivity contribution in [1.29, 1.82) is 0 Å². The highest BCUT2D eigenvalue weighted by molar-refractivity contribution is 7.99. The summed E-state index contributed by atoms with van der Waals surface area (Å²) in [6.07, 6.45) is 6.10. The molecule has 0 saturated heterocycles. The number of hydrogen-bond acceptors (Lipinski definition) is 8. The number of nitrogens with zero attached hydrogens (tertiary/aromatic N) is 5. The van der Waals surface area contributed by atoms with E-state index in [1.54, 1.807) is 0 Å². The van der Waals surface area contributed by atoms with Crippen LogP contribution in [0.4, 0.5) is 5.13 Å². The summed E-state index contributed by atoms with van der Waals surface area (Å²) >= 11 is 9.02. The molecule has 1 amide bonds. The Kier molecular flexibility index (Phi) is 7.87. The van der Waals surface area contributed by atoms with E-state index in [9.17, 15) is 4.79 Å². The largest absolute Gasteiger partial charge is 0.486 e. The summed E-state index contributed by atoms with van der Waals surface area (Å²) in [5.74, 6) is 1.95. The van der Waals surface area contributed by atoms with Gasteiger partial charge in [-0.15, -0.1) is 20.4 Å². The van der Waals surface area contributed by atoms with Crippen molar-refractivity contribution in [3.63, 3.8) is 0 Å². The molecule has 0 radical (unpaired) electrons. The van der Waals surface area contributed by atoms with Crippen molar-refractivity contribution in [2.75, 3.05) is 11.1 Å². The molecule has 1 fully saturated rings. The van der Waals surface area contributed by atoms with Gasteiger partial charge in [-0.1, -0.05) is 54.0 Å². The van der Waals surface area contributed by atoms with E-state index >= 15 is 0 Å². The molecule has 1 aliphatic rings. The Hall–Kier alpha value is -2.17.